The SMILES string of the molecule is CC(=O)c1cccc(NC(=O)c2ccc(NCc3cccnc3)cn2)c1. The fraction of sp³-hybridized carbons (Fsp3) is 0.100. The first-order chi connectivity index (χ1) is 12.6. The van der Waals surface area contributed by atoms with Crippen LogP contribution < -0.4 is 10.6 Å². The summed E-state index contributed by atoms with van der Waals surface area (Å²) in [7, 11) is 0. The van der Waals surface area contributed by atoms with E-state index in [1.165, 1.54) is 6.92 Å². The zero-order valence-electron chi connectivity index (χ0n) is 14.3. The van der Waals surface area contributed by atoms with E-state index in [9.17, 15) is 9.59 Å². The van der Waals surface area contributed by atoms with Crippen molar-refractivity contribution in [2.24, 2.45) is 0 Å². The van der Waals surface area contributed by atoms with Crippen LogP contribution in [-0.4, -0.2) is 21.7 Å². The number of carbonyl (C=O) groups is 2. The summed E-state index contributed by atoms with van der Waals surface area (Å²) >= 11 is 0. The smallest absolute Gasteiger partial charge is 0.274 e. The molecule has 6 heteroatoms. The zero-order valence-corrected chi connectivity index (χ0v) is 14.3. The number of rotatable bonds is 6. The summed E-state index contributed by atoms with van der Waals surface area (Å²) in [4.78, 5) is 32.0. The quantitative estimate of drug-likeness (QED) is 0.667. The first kappa shape index (κ1) is 17.3. The lowest BCUT2D eigenvalue weighted by Gasteiger charge is -2.08. The average Bonchev–Trinajstić information content (AvgIpc) is 2.68. The van der Waals surface area contributed by atoms with Crippen LogP contribution in [-0.2, 0) is 6.54 Å². The first-order valence-corrected chi connectivity index (χ1v) is 8.13. The van der Waals surface area contributed by atoms with Gasteiger partial charge in [0.15, 0.2) is 5.78 Å². The highest BCUT2D eigenvalue weighted by atomic mass is 16.2. The van der Waals surface area contributed by atoms with Gasteiger partial charge in [0.2, 0.25) is 0 Å². The number of nitrogens with zero attached hydrogens (tertiary/aromatic N) is 2. The molecule has 0 unspecified atom stereocenters. The highest BCUT2D eigenvalue weighted by Crippen LogP contribution is 2.13. The van der Waals surface area contributed by atoms with Crippen molar-refractivity contribution >= 4 is 23.1 Å². The zero-order chi connectivity index (χ0) is 18.4. The van der Waals surface area contributed by atoms with Crippen molar-refractivity contribution in [3.8, 4) is 0 Å². The van der Waals surface area contributed by atoms with E-state index in [1.807, 2.05) is 12.1 Å². The third-order valence-corrected chi connectivity index (χ3v) is 3.74. The van der Waals surface area contributed by atoms with Gasteiger partial charge in [0.25, 0.3) is 5.91 Å². The highest BCUT2D eigenvalue weighted by molar-refractivity contribution is 6.04. The lowest BCUT2D eigenvalue weighted by atomic mass is 10.1. The van der Waals surface area contributed by atoms with Crippen LogP contribution in [0.2, 0.25) is 0 Å². The van der Waals surface area contributed by atoms with Crippen LogP contribution in [0.4, 0.5) is 11.4 Å². The van der Waals surface area contributed by atoms with Gasteiger partial charge in [0.1, 0.15) is 5.69 Å². The Morgan fingerprint density at radius 2 is 1.88 bits per heavy atom. The van der Waals surface area contributed by atoms with Gasteiger partial charge in [-0.2, -0.15) is 0 Å². The summed E-state index contributed by atoms with van der Waals surface area (Å²) < 4.78 is 0. The van der Waals surface area contributed by atoms with Crippen LogP contribution in [0.3, 0.4) is 0 Å². The number of carbonyl (C=O) groups excluding carboxylic acids is 2. The molecule has 0 atom stereocenters. The molecule has 26 heavy (non-hydrogen) atoms. The lowest BCUT2D eigenvalue weighted by Crippen LogP contribution is -2.14. The molecule has 0 saturated carbocycles. The van der Waals surface area contributed by atoms with Crippen LogP contribution in [0.15, 0.2) is 67.1 Å². The number of pyridine rings is 2. The number of nitrogens with one attached hydrogen (secondary N) is 2. The van der Waals surface area contributed by atoms with Crippen LogP contribution in [0.1, 0.15) is 33.3 Å². The van der Waals surface area contributed by atoms with Crippen molar-refractivity contribution < 1.29 is 9.59 Å². The van der Waals surface area contributed by atoms with E-state index in [0.29, 0.717) is 23.5 Å². The number of anilines is 2. The van der Waals surface area contributed by atoms with Crippen LogP contribution >= 0.6 is 0 Å². The Morgan fingerprint density at radius 3 is 2.58 bits per heavy atom. The molecule has 1 amide bonds. The molecule has 1 aromatic carbocycles. The third kappa shape index (κ3) is 4.51. The Hall–Kier alpha value is -3.54. The second-order valence-electron chi connectivity index (χ2n) is 5.74. The van der Waals surface area contributed by atoms with Gasteiger partial charge >= 0.3 is 0 Å². The Morgan fingerprint density at radius 1 is 1.00 bits per heavy atom. The summed E-state index contributed by atoms with van der Waals surface area (Å²) in [5.74, 6) is -0.382. The van der Waals surface area contributed by atoms with Crippen molar-refractivity contribution in [3.63, 3.8) is 0 Å². The van der Waals surface area contributed by atoms with Crippen molar-refractivity contribution in [3.05, 3.63) is 83.9 Å². The molecule has 130 valence electrons. The predicted molar refractivity (Wildman–Crippen MR) is 100 cm³/mol. The van der Waals surface area contributed by atoms with Gasteiger partial charge < -0.3 is 10.6 Å². The number of hydrogen-bond donors (Lipinski definition) is 2. The highest BCUT2D eigenvalue weighted by Gasteiger charge is 2.09. The summed E-state index contributed by atoms with van der Waals surface area (Å²) in [6.07, 6.45) is 5.12. The largest absolute Gasteiger partial charge is 0.380 e. The Balaban J connectivity index is 1.61. The molecule has 3 aromatic rings. The maximum absolute atomic E-state index is 12.3. The monoisotopic (exact) mass is 346 g/mol. The average molecular weight is 346 g/mol. The molecular weight excluding hydrogens is 328 g/mol. The fourth-order valence-corrected chi connectivity index (χ4v) is 2.35. The molecule has 6 nitrogen and oxygen atoms in total. The standard InChI is InChI=1S/C20H18N4O2/c1-14(25)16-5-2-6-17(10-16)24-20(26)19-8-7-18(13-23-19)22-12-15-4-3-9-21-11-15/h2-11,13,22H,12H2,1H3,(H,24,26). The van der Waals surface area contributed by atoms with E-state index in [2.05, 4.69) is 20.6 Å². The summed E-state index contributed by atoms with van der Waals surface area (Å²) in [6, 6.07) is 14.1. The molecule has 3 rings (SSSR count). The molecule has 2 aromatic heterocycles. The number of Topliss-reactive ketones (excluding diaryl/α,β-unsaturated/α-hetero) is 1. The Bertz CT molecular complexity index is 909. The summed E-state index contributed by atoms with van der Waals surface area (Å²) in [5, 5.41) is 5.97. The molecular formula is C20H18N4O2. The number of benzene rings is 1. The molecule has 0 saturated heterocycles. The topological polar surface area (TPSA) is 84.0 Å². The second-order valence-corrected chi connectivity index (χ2v) is 5.74. The van der Waals surface area contributed by atoms with Gasteiger partial charge in [-0.05, 0) is 42.8 Å². The number of amides is 1. The normalized spacial score (nSPS) is 10.2. The summed E-state index contributed by atoms with van der Waals surface area (Å²) in [5.41, 5.74) is 3.27. The minimum atomic E-state index is -0.329. The van der Waals surface area contributed by atoms with E-state index >= 15 is 0 Å². The number of hydrogen-bond acceptors (Lipinski definition) is 5. The molecule has 0 bridgehead atoms. The van der Waals surface area contributed by atoms with Gasteiger partial charge in [0, 0.05) is 30.2 Å². The molecule has 0 fully saturated rings. The number of ketones is 1. The van der Waals surface area contributed by atoms with Gasteiger partial charge in [0.05, 0.1) is 11.9 Å². The van der Waals surface area contributed by atoms with Crippen molar-refractivity contribution in [1.29, 1.82) is 0 Å². The van der Waals surface area contributed by atoms with E-state index in [-0.39, 0.29) is 11.7 Å². The molecule has 2 N–H and O–H groups in total. The molecule has 0 aliphatic carbocycles. The third-order valence-electron chi connectivity index (χ3n) is 3.74. The lowest BCUT2D eigenvalue weighted by molar-refractivity contribution is 0.100. The van der Waals surface area contributed by atoms with E-state index in [1.54, 1.807) is 55.0 Å². The summed E-state index contributed by atoms with van der Waals surface area (Å²) in [6.45, 7) is 2.11. The maximum atomic E-state index is 12.3. The van der Waals surface area contributed by atoms with E-state index in [0.717, 1.165) is 11.3 Å². The molecule has 2 heterocycles. The molecule has 0 radical (unpaired) electrons. The van der Waals surface area contributed by atoms with Gasteiger partial charge in [-0.1, -0.05) is 18.2 Å². The predicted octanol–water partition coefficient (Wildman–Crippen LogP) is 3.54. The molecule has 0 spiro atoms. The minimum Gasteiger partial charge on any atom is -0.380 e. The number of aromatic nitrogens is 2. The van der Waals surface area contributed by atoms with Gasteiger partial charge in [-0.3, -0.25) is 14.6 Å². The van der Waals surface area contributed by atoms with E-state index in [4.69, 9.17) is 0 Å². The van der Waals surface area contributed by atoms with Crippen LogP contribution in [0.5, 0.6) is 0 Å². The van der Waals surface area contributed by atoms with Crippen molar-refractivity contribution in [2.45, 2.75) is 13.5 Å². The van der Waals surface area contributed by atoms with Gasteiger partial charge in [-0.15, -0.1) is 0 Å². The Labute approximate surface area is 151 Å². The molecule has 0 aliphatic heterocycles. The first-order valence-electron chi connectivity index (χ1n) is 8.13. The maximum Gasteiger partial charge on any atom is 0.274 e. The molecule has 0 aliphatic rings. The van der Waals surface area contributed by atoms with Gasteiger partial charge in [-0.25, -0.2) is 4.98 Å². The van der Waals surface area contributed by atoms with Crippen LogP contribution in [0, 0.1) is 0 Å². The van der Waals surface area contributed by atoms with Crippen molar-refractivity contribution in [1.82, 2.24) is 9.97 Å². The van der Waals surface area contributed by atoms with Crippen molar-refractivity contribution in [2.75, 3.05) is 10.6 Å². The Kier molecular flexibility index (Phi) is 5.34. The second kappa shape index (κ2) is 8.02. The fourth-order valence-electron chi connectivity index (χ4n) is 2.35. The minimum absolute atomic E-state index is 0.0525. The van der Waals surface area contributed by atoms with E-state index < -0.39 is 0 Å². The van der Waals surface area contributed by atoms with Crippen LogP contribution in [0.25, 0.3) is 0 Å².